The monoisotopic (exact) mass is 239 g/mol. The highest BCUT2D eigenvalue weighted by Gasteiger charge is 2.02. The normalized spacial score (nSPS) is 14.7. The molecule has 0 fully saturated rings. The molecular formula is C17H21N. The molecule has 0 bridgehead atoms. The summed E-state index contributed by atoms with van der Waals surface area (Å²) in [6.45, 7) is 4.52. The first-order chi connectivity index (χ1) is 8.75. The number of hydrogen-bond donors (Lipinski definition) is 0. The molecule has 94 valence electrons. The van der Waals surface area contributed by atoms with E-state index in [2.05, 4.69) is 61.3 Å². The van der Waals surface area contributed by atoms with Gasteiger partial charge in [-0.25, -0.2) is 0 Å². The van der Waals surface area contributed by atoms with Crippen LogP contribution in [0.1, 0.15) is 37.9 Å². The summed E-state index contributed by atoms with van der Waals surface area (Å²) in [4.78, 5) is 4.57. The fourth-order valence-corrected chi connectivity index (χ4v) is 1.95. The summed E-state index contributed by atoms with van der Waals surface area (Å²) < 4.78 is 0. The van der Waals surface area contributed by atoms with E-state index in [4.69, 9.17) is 0 Å². The molecule has 2 rings (SSSR count). The third kappa shape index (κ3) is 3.69. The van der Waals surface area contributed by atoms with Gasteiger partial charge < -0.3 is 0 Å². The largest absolute Gasteiger partial charge is 0.256 e. The van der Waals surface area contributed by atoms with Crippen LogP contribution in [0.25, 0.3) is 5.57 Å². The predicted molar refractivity (Wildman–Crippen MR) is 78.3 cm³/mol. The molecule has 0 aliphatic heterocycles. The van der Waals surface area contributed by atoms with Gasteiger partial charge in [-0.1, -0.05) is 50.3 Å². The van der Waals surface area contributed by atoms with Crippen molar-refractivity contribution in [2.75, 3.05) is 0 Å². The molecule has 1 heterocycles. The summed E-state index contributed by atoms with van der Waals surface area (Å²) in [5.74, 6) is 0.752. The first kappa shape index (κ1) is 12.8. The topological polar surface area (TPSA) is 12.9 Å². The summed E-state index contributed by atoms with van der Waals surface area (Å²) in [6.07, 6.45) is 16.1. The van der Waals surface area contributed by atoms with Crippen molar-refractivity contribution >= 4 is 5.57 Å². The van der Waals surface area contributed by atoms with Gasteiger partial charge in [0.25, 0.3) is 0 Å². The fourth-order valence-electron chi connectivity index (χ4n) is 1.95. The van der Waals surface area contributed by atoms with E-state index in [-0.39, 0.29) is 0 Å². The Bertz CT molecular complexity index is 461. The van der Waals surface area contributed by atoms with Gasteiger partial charge in [-0.3, -0.25) is 4.98 Å². The molecule has 1 aliphatic carbocycles. The third-order valence-electron chi connectivity index (χ3n) is 3.11. The minimum absolute atomic E-state index is 0.752. The molecule has 0 spiro atoms. The van der Waals surface area contributed by atoms with E-state index in [9.17, 15) is 0 Å². The number of aryl methyl sites for hydroxylation is 1. The van der Waals surface area contributed by atoms with E-state index in [0.717, 1.165) is 24.5 Å². The van der Waals surface area contributed by atoms with Gasteiger partial charge >= 0.3 is 0 Å². The lowest BCUT2D eigenvalue weighted by atomic mass is 10.0. The zero-order chi connectivity index (χ0) is 12.8. The lowest BCUT2D eigenvalue weighted by molar-refractivity contribution is 0.586. The zero-order valence-electron chi connectivity index (χ0n) is 11.3. The predicted octanol–water partition coefficient (Wildman–Crippen LogP) is 4.57. The Kier molecular flexibility index (Phi) is 4.52. The van der Waals surface area contributed by atoms with Crippen molar-refractivity contribution in [3.63, 3.8) is 0 Å². The van der Waals surface area contributed by atoms with Gasteiger partial charge in [-0.05, 0) is 42.4 Å². The Morgan fingerprint density at radius 1 is 1.22 bits per heavy atom. The number of nitrogens with zero attached hydrogens (tertiary/aromatic N) is 1. The fraction of sp³-hybridized carbons (Fsp3) is 0.353. The lowest BCUT2D eigenvalue weighted by Gasteiger charge is -2.06. The van der Waals surface area contributed by atoms with E-state index in [1.54, 1.807) is 0 Å². The van der Waals surface area contributed by atoms with Crippen LogP contribution in [0, 0.1) is 5.92 Å². The molecule has 0 amide bonds. The van der Waals surface area contributed by atoms with E-state index in [1.165, 1.54) is 17.6 Å². The molecule has 18 heavy (non-hydrogen) atoms. The molecule has 1 nitrogen and oxygen atoms in total. The Balaban J connectivity index is 2.07. The van der Waals surface area contributed by atoms with Gasteiger partial charge in [0.05, 0.1) is 5.69 Å². The van der Waals surface area contributed by atoms with Gasteiger partial charge in [0, 0.05) is 6.20 Å². The number of allylic oxidation sites excluding steroid dienone is 6. The minimum atomic E-state index is 0.752. The highest BCUT2D eigenvalue weighted by atomic mass is 14.7. The van der Waals surface area contributed by atoms with Gasteiger partial charge in [0.2, 0.25) is 0 Å². The van der Waals surface area contributed by atoms with Crippen LogP contribution in [0.15, 0.2) is 48.7 Å². The Labute approximate surface area is 110 Å². The van der Waals surface area contributed by atoms with E-state index >= 15 is 0 Å². The summed E-state index contributed by atoms with van der Waals surface area (Å²) in [5.41, 5.74) is 3.59. The number of pyridine rings is 1. The highest BCUT2D eigenvalue weighted by Crippen LogP contribution is 2.17. The molecule has 1 aliphatic rings. The Morgan fingerprint density at radius 3 is 2.83 bits per heavy atom. The molecule has 0 unspecified atom stereocenters. The molecule has 0 saturated heterocycles. The maximum absolute atomic E-state index is 4.57. The van der Waals surface area contributed by atoms with Gasteiger partial charge in [0.15, 0.2) is 0 Å². The third-order valence-corrected chi connectivity index (χ3v) is 3.11. The number of rotatable bonds is 4. The van der Waals surface area contributed by atoms with Crippen molar-refractivity contribution in [1.29, 1.82) is 0 Å². The van der Waals surface area contributed by atoms with Crippen LogP contribution in [0.3, 0.4) is 0 Å². The van der Waals surface area contributed by atoms with Crippen LogP contribution >= 0.6 is 0 Å². The second-order valence-corrected chi connectivity index (χ2v) is 5.17. The summed E-state index contributed by atoms with van der Waals surface area (Å²) in [6, 6.07) is 4.33. The van der Waals surface area contributed by atoms with Crippen molar-refractivity contribution in [2.45, 2.75) is 33.1 Å². The Morgan fingerprint density at radius 2 is 2.11 bits per heavy atom. The summed E-state index contributed by atoms with van der Waals surface area (Å²) >= 11 is 0. The number of hydrogen-bond acceptors (Lipinski definition) is 1. The van der Waals surface area contributed by atoms with Crippen LogP contribution in [-0.4, -0.2) is 4.98 Å². The molecule has 0 radical (unpaired) electrons. The summed E-state index contributed by atoms with van der Waals surface area (Å²) in [5, 5.41) is 0. The molecule has 0 saturated carbocycles. The van der Waals surface area contributed by atoms with Crippen LogP contribution in [-0.2, 0) is 6.42 Å². The second-order valence-electron chi connectivity index (χ2n) is 5.17. The van der Waals surface area contributed by atoms with E-state index < -0.39 is 0 Å². The SMILES string of the molecule is CC(C)CCc1ccc(C2=CC=CCC=C2)nc1. The average molecular weight is 239 g/mol. The van der Waals surface area contributed by atoms with Crippen LogP contribution in [0.5, 0.6) is 0 Å². The van der Waals surface area contributed by atoms with E-state index in [0.29, 0.717) is 0 Å². The second kappa shape index (κ2) is 6.34. The Hall–Kier alpha value is -1.63. The van der Waals surface area contributed by atoms with Crippen molar-refractivity contribution in [1.82, 2.24) is 4.98 Å². The highest BCUT2D eigenvalue weighted by molar-refractivity contribution is 5.73. The first-order valence-electron chi connectivity index (χ1n) is 6.74. The quantitative estimate of drug-likeness (QED) is 0.750. The van der Waals surface area contributed by atoms with E-state index in [1.807, 2.05) is 6.20 Å². The molecule has 0 atom stereocenters. The molecule has 0 N–H and O–H groups in total. The average Bonchev–Trinajstić information content (AvgIpc) is 2.66. The van der Waals surface area contributed by atoms with Crippen molar-refractivity contribution in [2.24, 2.45) is 5.92 Å². The number of aromatic nitrogens is 1. The van der Waals surface area contributed by atoms with Crippen LogP contribution < -0.4 is 0 Å². The van der Waals surface area contributed by atoms with Crippen molar-refractivity contribution in [3.8, 4) is 0 Å². The lowest BCUT2D eigenvalue weighted by Crippen LogP contribution is -1.94. The smallest absolute Gasteiger partial charge is 0.0702 e. The molecular weight excluding hydrogens is 218 g/mol. The molecule has 1 heteroatoms. The van der Waals surface area contributed by atoms with Crippen molar-refractivity contribution < 1.29 is 0 Å². The van der Waals surface area contributed by atoms with Gasteiger partial charge in [0.1, 0.15) is 0 Å². The minimum Gasteiger partial charge on any atom is -0.256 e. The first-order valence-corrected chi connectivity index (χ1v) is 6.74. The van der Waals surface area contributed by atoms with Crippen LogP contribution in [0.2, 0.25) is 0 Å². The zero-order valence-corrected chi connectivity index (χ0v) is 11.3. The molecule has 1 aromatic rings. The van der Waals surface area contributed by atoms with Gasteiger partial charge in [-0.15, -0.1) is 0 Å². The standard InChI is InChI=1S/C17H21N/c1-14(2)9-10-15-11-12-17(18-13-15)16-7-5-3-4-6-8-16/h3,5-8,11-14H,4,9-10H2,1-2H3. The summed E-state index contributed by atoms with van der Waals surface area (Å²) in [7, 11) is 0. The maximum atomic E-state index is 4.57. The maximum Gasteiger partial charge on any atom is 0.0702 e. The molecule has 0 aromatic carbocycles. The van der Waals surface area contributed by atoms with Crippen molar-refractivity contribution in [3.05, 3.63) is 60.0 Å². The van der Waals surface area contributed by atoms with Gasteiger partial charge in [-0.2, -0.15) is 0 Å². The molecule has 1 aromatic heterocycles. The van der Waals surface area contributed by atoms with Crippen LogP contribution in [0.4, 0.5) is 0 Å².